The molecule has 0 atom stereocenters. The standard InChI is InChI=1S/C24H31N3O3/c1-18(2)16-24(29)27-14-12-26(13-15-27)21-8-6-20(7-9-21)25-23(28)17-30-22-10-4-19(3)5-11-22/h4-11,18H,12-17H2,1-3H3,(H,25,28). The molecule has 2 aromatic rings. The van der Waals surface area contributed by atoms with Gasteiger partial charge in [-0.1, -0.05) is 31.5 Å². The van der Waals surface area contributed by atoms with Gasteiger partial charge >= 0.3 is 0 Å². The van der Waals surface area contributed by atoms with Crippen molar-refractivity contribution in [3.05, 3.63) is 54.1 Å². The highest BCUT2D eigenvalue weighted by molar-refractivity contribution is 5.92. The van der Waals surface area contributed by atoms with Crippen LogP contribution in [-0.4, -0.2) is 49.5 Å². The first-order chi connectivity index (χ1) is 14.4. The number of rotatable bonds is 7. The quantitative estimate of drug-likeness (QED) is 0.757. The molecular formula is C24H31N3O3. The monoisotopic (exact) mass is 409 g/mol. The Bertz CT molecular complexity index is 839. The summed E-state index contributed by atoms with van der Waals surface area (Å²) in [6, 6.07) is 15.4. The Morgan fingerprint density at radius 1 is 0.967 bits per heavy atom. The van der Waals surface area contributed by atoms with Crippen LogP contribution in [0.5, 0.6) is 5.75 Å². The van der Waals surface area contributed by atoms with Crippen LogP contribution in [0.2, 0.25) is 0 Å². The fraction of sp³-hybridized carbons (Fsp3) is 0.417. The van der Waals surface area contributed by atoms with Gasteiger partial charge < -0.3 is 19.9 Å². The summed E-state index contributed by atoms with van der Waals surface area (Å²) in [5.41, 5.74) is 2.98. The largest absolute Gasteiger partial charge is 0.484 e. The highest BCUT2D eigenvalue weighted by Crippen LogP contribution is 2.20. The molecule has 0 radical (unpaired) electrons. The van der Waals surface area contributed by atoms with E-state index < -0.39 is 0 Å². The van der Waals surface area contributed by atoms with Gasteiger partial charge in [-0.2, -0.15) is 0 Å². The molecule has 1 aliphatic heterocycles. The van der Waals surface area contributed by atoms with E-state index in [1.54, 1.807) is 0 Å². The van der Waals surface area contributed by atoms with Crippen molar-refractivity contribution in [2.75, 3.05) is 43.0 Å². The number of carbonyl (C=O) groups is 2. The molecule has 1 N–H and O–H groups in total. The van der Waals surface area contributed by atoms with E-state index >= 15 is 0 Å². The summed E-state index contributed by atoms with van der Waals surface area (Å²) in [6.45, 7) is 9.26. The topological polar surface area (TPSA) is 61.9 Å². The zero-order valence-corrected chi connectivity index (χ0v) is 18.1. The minimum atomic E-state index is -0.194. The molecule has 30 heavy (non-hydrogen) atoms. The smallest absolute Gasteiger partial charge is 0.262 e. The third kappa shape index (κ3) is 6.24. The van der Waals surface area contributed by atoms with Gasteiger partial charge in [0, 0.05) is 44.0 Å². The number of piperazine rings is 1. The molecule has 3 rings (SSSR count). The highest BCUT2D eigenvalue weighted by Gasteiger charge is 2.21. The minimum absolute atomic E-state index is 0.0306. The zero-order valence-electron chi connectivity index (χ0n) is 18.1. The van der Waals surface area contributed by atoms with E-state index in [4.69, 9.17) is 4.74 Å². The lowest BCUT2D eigenvalue weighted by atomic mass is 10.1. The average Bonchev–Trinajstić information content (AvgIpc) is 2.73. The van der Waals surface area contributed by atoms with E-state index in [9.17, 15) is 9.59 Å². The van der Waals surface area contributed by atoms with Crippen LogP contribution in [0.1, 0.15) is 25.8 Å². The molecule has 6 heteroatoms. The van der Waals surface area contributed by atoms with Crippen LogP contribution in [0, 0.1) is 12.8 Å². The Kier molecular flexibility index (Phi) is 7.33. The van der Waals surface area contributed by atoms with Gasteiger partial charge in [0.2, 0.25) is 5.91 Å². The molecule has 0 spiro atoms. The second-order valence-electron chi connectivity index (χ2n) is 8.16. The average molecular weight is 410 g/mol. The molecule has 0 saturated carbocycles. The fourth-order valence-electron chi connectivity index (χ4n) is 3.43. The van der Waals surface area contributed by atoms with E-state index in [-0.39, 0.29) is 18.4 Å². The summed E-state index contributed by atoms with van der Waals surface area (Å²) in [7, 11) is 0. The molecule has 1 saturated heterocycles. The summed E-state index contributed by atoms with van der Waals surface area (Å²) in [5, 5.41) is 2.86. The molecule has 0 unspecified atom stereocenters. The maximum Gasteiger partial charge on any atom is 0.262 e. The SMILES string of the molecule is Cc1ccc(OCC(=O)Nc2ccc(N3CCN(C(=O)CC(C)C)CC3)cc2)cc1. The van der Waals surface area contributed by atoms with Crippen molar-refractivity contribution in [3.63, 3.8) is 0 Å². The van der Waals surface area contributed by atoms with Crippen molar-refractivity contribution in [3.8, 4) is 5.75 Å². The van der Waals surface area contributed by atoms with Crippen molar-refractivity contribution in [2.24, 2.45) is 5.92 Å². The summed E-state index contributed by atoms with van der Waals surface area (Å²) in [6.07, 6.45) is 0.613. The van der Waals surface area contributed by atoms with E-state index in [2.05, 4.69) is 24.1 Å². The van der Waals surface area contributed by atoms with Crippen LogP contribution in [0.25, 0.3) is 0 Å². The number of benzene rings is 2. The number of nitrogens with one attached hydrogen (secondary N) is 1. The molecule has 2 amide bonds. The second-order valence-corrected chi connectivity index (χ2v) is 8.16. The molecular weight excluding hydrogens is 378 g/mol. The molecule has 1 heterocycles. The van der Waals surface area contributed by atoms with Crippen LogP contribution in [0.15, 0.2) is 48.5 Å². The van der Waals surface area contributed by atoms with E-state index in [1.807, 2.05) is 60.4 Å². The predicted molar refractivity (Wildman–Crippen MR) is 120 cm³/mol. The maximum atomic E-state index is 12.2. The van der Waals surface area contributed by atoms with Gasteiger partial charge in [-0.3, -0.25) is 9.59 Å². The number of ether oxygens (including phenoxy) is 1. The molecule has 0 aliphatic carbocycles. The van der Waals surface area contributed by atoms with E-state index in [0.29, 0.717) is 18.1 Å². The Balaban J connectivity index is 1.45. The molecule has 0 bridgehead atoms. The van der Waals surface area contributed by atoms with Gasteiger partial charge in [0.15, 0.2) is 6.61 Å². The second kappa shape index (κ2) is 10.1. The summed E-state index contributed by atoms with van der Waals surface area (Å²) in [5.74, 6) is 1.12. The van der Waals surface area contributed by atoms with Crippen molar-refractivity contribution in [1.82, 2.24) is 4.90 Å². The van der Waals surface area contributed by atoms with Crippen LogP contribution in [0.4, 0.5) is 11.4 Å². The van der Waals surface area contributed by atoms with Crippen molar-refractivity contribution < 1.29 is 14.3 Å². The molecule has 6 nitrogen and oxygen atoms in total. The maximum absolute atomic E-state index is 12.2. The zero-order chi connectivity index (χ0) is 21.5. The van der Waals surface area contributed by atoms with Crippen molar-refractivity contribution >= 4 is 23.2 Å². The van der Waals surface area contributed by atoms with Gasteiger partial charge in [-0.25, -0.2) is 0 Å². The lowest BCUT2D eigenvalue weighted by Gasteiger charge is -2.36. The first kappa shape index (κ1) is 21.7. The van der Waals surface area contributed by atoms with Gasteiger partial charge in [0.25, 0.3) is 5.91 Å². The number of carbonyl (C=O) groups excluding carboxylic acids is 2. The van der Waals surface area contributed by atoms with Crippen LogP contribution >= 0.6 is 0 Å². The number of amides is 2. The molecule has 2 aromatic carbocycles. The van der Waals surface area contributed by atoms with E-state index in [1.165, 1.54) is 0 Å². The Morgan fingerprint density at radius 2 is 1.60 bits per heavy atom. The van der Waals surface area contributed by atoms with Crippen molar-refractivity contribution in [2.45, 2.75) is 27.2 Å². The normalized spacial score (nSPS) is 14.0. The third-order valence-electron chi connectivity index (χ3n) is 5.12. The minimum Gasteiger partial charge on any atom is -0.484 e. The van der Waals surface area contributed by atoms with Gasteiger partial charge in [0.05, 0.1) is 0 Å². The predicted octanol–water partition coefficient (Wildman–Crippen LogP) is 3.71. The number of anilines is 2. The third-order valence-corrected chi connectivity index (χ3v) is 5.12. The van der Waals surface area contributed by atoms with Gasteiger partial charge in [-0.15, -0.1) is 0 Å². The van der Waals surface area contributed by atoms with Gasteiger partial charge in [0.1, 0.15) is 5.75 Å². The van der Waals surface area contributed by atoms with Gasteiger partial charge in [-0.05, 0) is 49.2 Å². The first-order valence-electron chi connectivity index (χ1n) is 10.5. The van der Waals surface area contributed by atoms with Crippen LogP contribution < -0.4 is 15.0 Å². The fourth-order valence-corrected chi connectivity index (χ4v) is 3.43. The molecule has 0 aromatic heterocycles. The van der Waals surface area contributed by atoms with Crippen molar-refractivity contribution in [1.29, 1.82) is 0 Å². The number of hydrogen-bond acceptors (Lipinski definition) is 4. The Hall–Kier alpha value is -3.02. The summed E-state index contributed by atoms with van der Waals surface area (Å²) in [4.78, 5) is 28.6. The Morgan fingerprint density at radius 3 is 2.20 bits per heavy atom. The lowest BCUT2D eigenvalue weighted by Crippen LogP contribution is -2.49. The first-order valence-corrected chi connectivity index (χ1v) is 10.5. The number of nitrogens with zero attached hydrogens (tertiary/aromatic N) is 2. The molecule has 1 aliphatic rings. The number of hydrogen-bond donors (Lipinski definition) is 1. The summed E-state index contributed by atoms with van der Waals surface area (Å²) >= 11 is 0. The molecule has 160 valence electrons. The highest BCUT2D eigenvalue weighted by atomic mass is 16.5. The lowest BCUT2D eigenvalue weighted by molar-refractivity contribution is -0.132. The Labute approximate surface area is 178 Å². The molecule has 1 fully saturated rings. The van der Waals surface area contributed by atoms with Crippen LogP contribution in [-0.2, 0) is 9.59 Å². The summed E-state index contributed by atoms with van der Waals surface area (Å²) < 4.78 is 5.51. The number of aryl methyl sites for hydroxylation is 1. The van der Waals surface area contributed by atoms with E-state index in [0.717, 1.165) is 43.1 Å². The van der Waals surface area contributed by atoms with Crippen LogP contribution in [0.3, 0.4) is 0 Å².